The Labute approximate surface area is 111 Å². The largest absolute Gasteiger partial charge is 0.481 e. The van der Waals surface area contributed by atoms with Crippen molar-refractivity contribution in [3.05, 3.63) is 17.7 Å². The van der Waals surface area contributed by atoms with Gasteiger partial charge in [0.05, 0.1) is 13.0 Å². The fourth-order valence-electron chi connectivity index (χ4n) is 2.11. The second kappa shape index (κ2) is 5.14. The van der Waals surface area contributed by atoms with E-state index < -0.39 is 18.1 Å². The maximum Gasteiger partial charge on any atom is 0.471 e. The summed E-state index contributed by atoms with van der Waals surface area (Å²) in [6.45, 7) is -0.0979. The molecule has 0 aliphatic carbocycles. The predicted molar refractivity (Wildman–Crippen MR) is 59.7 cm³/mol. The van der Waals surface area contributed by atoms with Crippen molar-refractivity contribution in [1.82, 2.24) is 14.5 Å². The molecule has 1 amide bonds. The van der Waals surface area contributed by atoms with Crippen LogP contribution in [0.25, 0.3) is 0 Å². The Balaban J connectivity index is 2.09. The van der Waals surface area contributed by atoms with Crippen LogP contribution in [0.1, 0.15) is 17.9 Å². The summed E-state index contributed by atoms with van der Waals surface area (Å²) < 4.78 is 38.7. The van der Waals surface area contributed by atoms with Crippen molar-refractivity contribution in [2.75, 3.05) is 6.54 Å². The van der Waals surface area contributed by atoms with Crippen molar-refractivity contribution in [2.24, 2.45) is 0 Å². The highest BCUT2D eigenvalue weighted by Gasteiger charge is 2.43. The molecule has 0 spiro atoms. The van der Waals surface area contributed by atoms with Crippen LogP contribution in [0.5, 0.6) is 0 Å². The molecule has 1 aromatic rings. The van der Waals surface area contributed by atoms with E-state index in [1.807, 2.05) is 0 Å². The Hall–Kier alpha value is -2.06. The number of carboxylic acid groups (broad SMARTS) is 1. The number of imidazole rings is 1. The third-order valence-electron chi connectivity index (χ3n) is 3.07. The lowest BCUT2D eigenvalue weighted by Crippen LogP contribution is -2.45. The minimum absolute atomic E-state index is 0.0677. The van der Waals surface area contributed by atoms with Gasteiger partial charge in [-0.1, -0.05) is 0 Å². The molecule has 0 radical (unpaired) electrons. The standard InChI is InChI=1S/C11H12F3N3O3/c12-11(13,14)10(20)16-3-4-17-7(1-2-9(18)19)5-15-8(17)6-16/h5H,1-4,6H2,(H,18,19). The lowest BCUT2D eigenvalue weighted by Gasteiger charge is -2.29. The average molecular weight is 291 g/mol. The molecule has 0 fully saturated rings. The summed E-state index contributed by atoms with van der Waals surface area (Å²) in [5.74, 6) is -2.49. The molecule has 1 aliphatic heterocycles. The predicted octanol–water partition coefficient (Wildman–Crippen LogP) is 0.805. The highest BCUT2D eigenvalue weighted by atomic mass is 19.4. The second-order valence-electron chi connectivity index (χ2n) is 4.44. The molecule has 0 atom stereocenters. The molecule has 2 rings (SSSR count). The van der Waals surface area contributed by atoms with Crippen LogP contribution < -0.4 is 0 Å². The Morgan fingerprint density at radius 2 is 2.05 bits per heavy atom. The molecule has 1 aromatic heterocycles. The first kappa shape index (κ1) is 14.4. The van der Waals surface area contributed by atoms with E-state index in [1.54, 1.807) is 4.57 Å². The van der Waals surface area contributed by atoms with Gasteiger partial charge in [-0.2, -0.15) is 13.2 Å². The van der Waals surface area contributed by atoms with Crippen molar-refractivity contribution in [3.8, 4) is 0 Å². The molecule has 0 bridgehead atoms. The zero-order chi connectivity index (χ0) is 14.9. The maximum absolute atomic E-state index is 12.3. The SMILES string of the molecule is O=C(O)CCc1cnc2n1CCN(C(=O)C(F)(F)F)C2. The van der Waals surface area contributed by atoms with Gasteiger partial charge in [-0.3, -0.25) is 9.59 Å². The summed E-state index contributed by atoms with van der Waals surface area (Å²) in [4.78, 5) is 26.3. The zero-order valence-corrected chi connectivity index (χ0v) is 10.4. The van der Waals surface area contributed by atoms with Crippen molar-refractivity contribution >= 4 is 11.9 Å². The molecular weight excluding hydrogens is 279 g/mol. The van der Waals surface area contributed by atoms with Crippen LogP contribution in [0.4, 0.5) is 13.2 Å². The molecular formula is C11H12F3N3O3. The van der Waals surface area contributed by atoms with Crippen molar-refractivity contribution in [2.45, 2.75) is 32.1 Å². The normalized spacial score (nSPS) is 15.1. The zero-order valence-electron chi connectivity index (χ0n) is 10.4. The Kier molecular flexibility index (Phi) is 3.69. The first-order valence-corrected chi connectivity index (χ1v) is 5.90. The molecule has 1 N–H and O–H groups in total. The first-order chi connectivity index (χ1) is 9.29. The lowest BCUT2D eigenvalue weighted by atomic mass is 10.2. The Morgan fingerprint density at radius 1 is 1.35 bits per heavy atom. The number of fused-ring (bicyclic) bond motifs is 1. The number of rotatable bonds is 3. The minimum Gasteiger partial charge on any atom is -0.481 e. The number of hydrogen-bond donors (Lipinski definition) is 1. The van der Waals surface area contributed by atoms with Crippen molar-refractivity contribution in [3.63, 3.8) is 0 Å². The van der Waals surface area contributed by atoms with Gasteiger partial charge in [-0.05, 0) is 6.42 Å². The molecule has 6 nitrogen and oxygen atoms in total. The van der Waals surface area contributed by atoms with Gasteiger partial charge < -0.3 is 14.6 Å². The molecule has 0 unspecified atom stereocenters. The number of carbonyl (C=O) groups is 2. The number of amides is 1. The molecule has 9 heteroatoms. The lowest BCUT2D eigenvalue weighted by molar-refractivity contribution is -0.187. The molecule has 20 heavy (non-hydrogen) atoms. The third-order valence-corrected chi connectivity index (χ3v) is 3.07. The molecule has 0 aromatic carbocycles. The summed E-state index contributed by atoms with van der Waals surface area (Å²) in [6, 6.07) is 0. The number of aryl methyl sites for hydroxylation is 1. The number of aliphatic carboxylic acids is 1. The van der Waals surface area contributed by atoms with Gasteiger partial charge in [-0.15, -0.1) is 0 Å². The summed E-state index contributed by atoms with van der Waals surface area (Å²) >= 11 is 0. The van der Waals surface area contributed by atoms with Gasteiger partial charge in [0, 0.05) is 25.0 Å². The van der Waals surface area contributed by atoms with Crippen LogP contribution in [-0.4, -0.2) is 44.2 Å². The number of aromatic nitrogens is 2. The van der Waals surface area contributed by atoms with E-state index in [4.69, 9.17) is 5.11 Å². The van der Waals surface area contributed by atoms with Crippen LogP contribution in [0.2, 0.25) is 0 Å². The first-order valence-electron chi connectivity index (χ1n) is 5.90. The number of carbonyl (C=O) groups excluding carboxylic acids is 1. The van der Waals surface area contributed by atoms with Crippen molar-refractivity contribution in [1.29, 1.82) is 0 Å². The smallest absolute Gasteiger partial charge is 0.471 e. The maximum atomic E-state index is 12.3. The van der Waals surface area contributed by atoms with E-state index in [0.717, 1.165) is 0 Å². The number of hydrogen-bond acceptors (Lipinski definition) is 3. The highest BCUT2D eigenvalue weighted by molar-refractivity contribution is 5.81. The van der Waals surface area contributed by atoms with Crippen LogP contribution in [0.3, 0.4) is 0 Å². The van der Waals surface area contributed by atoms with E-state index in [1.165, 1.54) is 6.20 Å². The molecule has 0 saturated heterocycles. The van der Waals surface area contributed by atoms with E-state index in [0.29, 0.717) is 16.4 Å². The van der Waals surface area contributed by atoms with Crippen LogP contribution in [-0.2, 0) is 29.1 Å². The number of halogens is 3. The summed E-state index contributed by atoms with van der Waals surface area (Å²) in [5, 5.41) is 8.61. The van der Waals surface area contributed by atoms with Gasteiger partial charge in [0.2, 0.25) is 0 Å². The number of carboxylic acids is 1. The fourth-order valence-corrected chi connectivity index (χ4v) is 2.11. The topological polar surface area (TPSA) is 75.4 Å². The molecule has 2 heterocycles. The Bertz CT molecular complexity index is 539. The number of nitrogens with zero attached hydrogens (tertiary/aromatic N) is 3. The van der Waals surface area contributed by atoms with E-state index in [-0.39, 0.29) is 32.5 Å². The highest BCUT2D eigenvalue weighted by Crippen LogP contribution is 2.22. The van der Waals surface area contributed by atoms with Gasteiger partial charge in [0.15, 0.2) is 0 Å². The summed E-state index contributed by atoms with van der Waals surface area (Å²) in [5.41, 5.74) is 0.654. The van der Waals surface area contributed by atoms with Crippen molar-refractivity contribution < 1.29 is 27.9 Å². The van der Waals surface area contributed by atoms with E-state index in [2.05, 4.69) is 4.98 Å². The Morgan fingerprint density at radius 3 is 2.65 bits per heavy atom. The van der Waals surface area contributed by atoms with Gasteiger partial charge >= 0.3 is 18.1 Å². The van der Waals surface area contributed by atoms with E-state index in [9.17, 15) is 22.8 Å². The molecule has 1 aliphatic rings. The quantitative estimate of drug-likeness (QED) is 0.894. The average Bonchev–Trinajstić information content (AvgIpc) is 2.76. The van der Waals surface area contributed by atoms with Gasteiger partial charge in [0.25, 0.3) is 0 Å². The van der Waals surface area contributed by atoms with Gasteiger partial charge in [-0.25, -0.2) is 4.98 Å². The van der Waals surface area contributed by atoms with E-state index >= 15 is 0 Å². The van der Waals surface area contributed by atoms with Gasteiger partial charge in [0.1, 0.15) is 5.82 Å². The minimum atomic E-state index is -4.89. The molecule has 0 saturated carbocycles. The van der Waals surface area contributed by atoms with Crippen LogP contribution in [0.15, 0.2) is 6.20 Å². The molecule has 110 valence electrons. The number of alkyl halides is 3. The van der Waals surface area contributed by atoms with Crippen LogP contribution in [0, 0.1) is 0 Å². The van der Waals surface area contributed by atoms with Crippen LogP contribution >= 0.6 is 0 Å². The second-order valence-corrected chi connectivity index (χ2v) is 4.44. The third kappa shape index (κ3) is 2.91. The summed E-state index contributed by atoms with van der Waals surface area (Å²) in [6.07, 6.45) is -3.26. The summed E-state index contributed by atoms with van der Waals surface area (Å²) in [7, 11) is 0. The fraction of sp³-hybridized carbons (Fsp3) is 0.545. The monoisotopic (exact) mass is 291 g/mol.